The van der Waals surface area contributed by atoms with Crippen molar-refractivity contribution >= 4 is 11.3 Å². The van der Waals surface area contributed by atoms with Crippen molar-refractivity contribution in [3.05, 3.63) is 24.2 Å². The molecule has 2 heterocycles. The number of unbranched alkanes of at least 4 members (excludes halogenated alkanes) is 1. The van der Waals surface area contributed by atoms with E-state index in [4.69, 9.17) is 4.74 Å². The van der Waals surface area contributed by atoms with Crippen LogP contribution in [0.3, 0.4) is 0 Å². The quantitative estimate of drug-likeness (QED) is 0.799. The lowest BCUT2D eigenvalue weighted by Gasteiger charge is -2.07. The van der Waals surface area contributed by atoms with Crippen LogP contribution in [0.5, 0.6) is 0 Å². The highest BCUT2D eigenvalue weighted by Gasteiger charge is 2.34. The van der Waals surface area contributed by atoms with Crippen LogP contribution < -0.4 is 5.32 Å². The third-order valence-corrected chi connectivity index (χ3v) is 2.86. The first-order chi connectivity index (χ1) is 10.0. The number of rotatable bonds is 7. The number of alkyl halides is 3. The van der Waals surface area contributed by atoms with Gasteiger partial charge in [0.05, 0.1) is 6.61 Å². The number of aromatic nitrogens is 3. The van der Waals surface area contributed by atoms with Gasteiger partial charge in [-0.3, -0.25) is 0 Å². The molecule has 5 nitrogen and oxygen atoms in total. The monoisotopic (exact) mass is 302 g/mol. The molecule has 0 aromatic carbocycles. The summed E-state index contributed by atoms with van der Waals surface area (Å²) in [6.07, 6.45) is 0.371. The molecule has 1 N–H and O–H groups in total. The molecule has 0 saturated heterocycles. The summed E-state index contributed by atoms with van der Waals surface area (Å²) in [5.41, 5.74) is -0.642. The van der Waals surface area contributed by atoms with Gasteiger partial charge in [0, 0.05) is 31.6 Å². The lowest BCUT2D eigenvalue weighted by Crippen LogP contribution is -2.11. The van der Waals surface area contributed by atoms with Gasteiger partial charge in [-0.2, -0.15) is 18.3 Å². The molecule has 8 heteroatoms. The minimum Gasteiger partial charge on any atom is -0.380 e. The number of nitrogens with one attached hydrogen (secondary N) is 1. The van der Waals surface area contributed by atoms with E-state index in [1.54, 1.807) is 0 Å². The molecule has 0 atom stereocenters. The zero-order valence-electron chi connectivity index (χ0n) is 11.7. The summed E-state index contributed by atoms with van der Waals surface area (Å²) in [6.45, 7) is 3.71. The number of hydrogen-bond acceptors (Lipinski definition) is 4. The maximum absolute atomic E-state index is 12.6. The first-order valence-corrected chi connectivity index (χ1v) is 6.75. The Hall–Kier alpha value is -1.83. The lowest BCUT2D eigenvalue weighted by molar-refractivity contribution is -0.141. The standard InChI is InChI=1S/C13H17F3N4O/c1-2-3-7-21-8-5-18-12-10-9-11(13(14,15)16)19-20(10)6-4-17-12/h4,6,9H,2-3,5,7-8H2,1H3,(H,17,18). The Morgan fingerprint density at radius 2 is 2.14 bits per heavy atom. The van der Waals surface area contributed by atoms with Crippen molar-refractivity contribution in [3.63, 3.8) is 0 Å². The Labute approximate surface area is 120 Å². The SMILES string of the molecule is CCCCOCCNc1nccn2nc(C(F)(F)F)cc12. The van der Waals surface area contributed by atoms with Crippen LogP contribution in [-0.2, 0) is 10.9 Å². The zero-order chi connectivity index (χ0) is 15.3. The summed E-state index contributed by atoms with van der Waals surface area (Å²) >= 11 is 0. The summed E-state index contributed by atoms with van der Waals surface area (Å²) < 4.78 is 44.5. The molecule has 0 unspecified atom stereocenters. The van der Waals surface area contributed by atoms with Crippen molar-refractivity contribution in [1.82, 2.24) is 14.6 Å². The molecular weight excluding hydrogens is 285 g/mol. The molecular formula is C13H17F3N4O. The van der Waals surface area contributed by atoms with Crippen LogP contribution >= 0.6 is 0 Å². The van der Waals surface area contributed by atoms with E-state index in [0.29, 0.717) is 31.1 Å². The predicted molar refractivity (Wildman–Crippen MR) is 72.2 cm³/mol. The van der Waals surface area contributed by atoms with Gasteiger partial charge in [0.2, 0.25) is 0 Å². The van der Waals surface area contributed by atoms with E-state index in [9.17, 15) is 13.2 Å². The van der Waals surface area contributed by atoms with Crippen molar-refractivity contribution in [2.45, 2.75) is 25.9 Å². The Morgan fingerprint density at radius 1 is 1.33 bits per heavy atom. The number of anilines is 1. The maximum Gasteiger partial charge on any atom is 0.435 e. The van der Waals surface area contributed by atoms with Gasteiger partial charge in [0.15, 0.2) is 11.5 Å². The smallest absolute Gasteiger partial charge is 0.380 e. The van der Waals surface area contributed by atoms with E-state index in [2.05, 4.69) is 22.3 Å². The molecule has 0 amide bonds. The molecule has 0 spiro atoms. The third kappa shape index (κ3) is 4.07. The fraction of sp³-hybridized carbons (Fsp3) is 0.538. The Balaban J connectivity index is 2.01. The van der Waals surface area contributed by atoms with Gasteiger partial charge in [-0.05, 0) is 6.42 Å². The maximum atomic E-state index is 12.6. The normalized spacial score (nSPS) is 12.0. The summed E-state index contributed by atoms with van der Waals surface area (Å²) in [7, 11) is 0. The molecule has 0 radical (unpaired) electrons. The van der Waals surface area contributed by atoms with Crippen LogP contribution in [0.15, 0.2) is 18.5 Å². The minimum atomic E-state index is -4.47. The molecule has 0 saturated carbocycles. The first-order valence-electron chi connectivity index (χ1n) is 6.75. The van der Waals surface area contributed by atoms with E-state index in [1.165, 1.54) is 12.4 Å². The Bertz CT molecular complexity index is 582. The zero-order valence-corrected chi connectivity index (χ0v) is 11.7. The predicted octanol–water partition coefficient (Wildman–Crippen LogP) is 2.98. The molecule has 2 rings (SSSR count). The highest BCUT2D eigenvalue weighted by atomic mass is 19.4. The van der Waals surface area contributed by atoms with Crippen molar-refractivity contribution < 1.29 is 17.9 Å². The summed E-state index contributed by atoms with van der Waals surface area (Å²) in [4.78, 5) is 4.04. The van der Waals surface area contributed by atoms with E-state index < -0.39 is 11.9 Å². The van der Waals surface area contributed by atoms with Gasteiger partial charge in [-0.25, -0.2) is 9.50 Å². The van der Waals surface area contributed by atoms with E-state index in [1.807, 2.05) is 0 Å². The minimum absolute atomic E-state index is 0.290. The average molecular weight is 302 g/mol. The Kier molecular flexibility index (Phi) is 5.00. The molecule has 21 heavy (non-hydrogen) atoms. The molecule has 0 aliphatic carbocycles. The van der Waals surface area contributed by atoms with Gasteiger partial charge in [0.1, 0.15) is 5.52 Å². The van der Waals surface area contributed by atoms with Gasteiger partial charge in [-0.1, -0.05) is 13.3 Å². The first kappa shape index (κ1) is 15.6. The van der Waals surface area contributed by atoms with Crippen molar-refractivity contribution in [3.8, 4) is 0 Å². The molecule has 2 aromatic heterocycles. The molecule has 0 aliphatic heterocycles. The summed E-state index contributed by atoms with van der Waals surface area (Å²) in [5, 5.41) is 6.46. The average Bonchev–Trinajstić information content (AvgIpc) is 2.87. The van der Waals surface area contributed by atoms with Crippen LogP contribution in [0.25, 0.3) is 5.52 Å². The van der Waals surface area contributed by atoms with E-state index in [0.717, 1.165) is 23.4 Å². The molecule has 0 bridgehead atoms. The van der Waals surface area contributed by atoms with E-state index in [-0.39, 0.29) is 0 Å². The highest BCUT2D eigenvalue weighted by Crippen LogP contribution is 2.29. The van der Waals surface area contributed by atoms with Crippen molar-refractivity contribution in [2.75, 3.05) is 25.1 Å². The fourth-order valence-electron chi connectivity index (χ4n) is 1.79. The molecule has 116 valence electrons. The molecule has 2 aromatic rings. The van der Waals surface area contributed by atoms with Crippen LogP contribution in [0.4, 0.5) is 19.0 Å². The largest absolute Gasteiger partial charge is 0.435 e. The number of halogens is 3. The number of fused-ring (bicyclic) bond motifs is 1. The van der Waals surface area contributed by atoms with Gasteiger partial charge < -0.3 is 10.1 Å². The lowest BCUT2D eigenvalue weighted by atomic mass is 10.3. The molecule has 0 fully saturated rings. The molecule has 0 aliphatic rings. The number of ether oxygens (including phenoxy) is 1. The second-order valence-corrected chi connectivity index (χ2v) is 4.53. The number of nitrogens with zero attached hydrogens (tertiary/aromatic N) is 3. The van der Waals surface area contributed by atoms with Gasteiger partial charge >= 0.3 is 6.18 Å². The number of hydrogen-bond donors (Lipinski definition) is 1. The fourth-order valence-corrected chi connectivity index (χ4v) is 1.79. The Morgan fingerprint density at radius 3 is 2.86 bits per heavy atom. The van der Waals surface area contributed by atoms with Crippen LogP contribution in [0, 0.1) is 0 Å². The summed E-state index contributed by atoms with van der Waals surface area (Å²) in [6, 6.07) is 0.979. The van der Waals surface area contributed by atoms with Crippen molar-refractivity contribution in [1.29, 1.82) is 0 Å². The highest BCUT2D eigenvalue weighted by molar-refractivity contribution is 5.67. The van der Waals surface area contributed by atoms with Gasteiger partial charge in [-0.15, -0.1) is 0 Å². The third-order valence-electron chi connectivity index (χ3n) is 2.86. The summed E-state index contributed by atoms with van der Waals surface area (Å²) in [5.74, 6) is 0.361. The van der Waals surface area contributed by atoms with Crippen LogP contribution in [0.2, 0.25) is 0 Å². The second-order valence-electron chi connectivity index (χ2n) is 4.53. The van der Waals surface area contributed by atoms with E-state index >= 15 is 0 Å². The van der Waals surface area contributed by atoms with Gasteiger partial charge in [0.25, 0.3) is 0 Å². The van der Waals surface area contributed by atoms with Crippen LogP contribution in [0.1, 0.15) is 25.5 Å². The van der Waals surface area contributed by atoms with Crippen LogP contribution in [-0.4, -0.2) is 34.4 Å². The van der Waals surface area contributed by atoms with Crippen molar-refractivity contribution in [2.24, 2.45) is 0 Å². The second kappa shape index (κ2) is 6.75. The topological polar surface area (TPSA) is 51.5 Å².